The van der Waals surface area contributed by atoms with Crippen LogP contribution in [-0.4, -0.2) is 32.0 Å². The third kappa shape index (κ3) is 3.25. The number of anilines is 1. The van der Waals surface area contributed by atoms with Crippen molar-refractivity contribution in [3.8, 4) is 0 Å². The first-order valence-corrected chi connectivity index (χ1v) is 8.32. The van der Waals surface area contributed by atoms with E-state index in [1.165, 1.54) is 49.2 Å². The fraction of sp³-hybridized carbons (Fsp3) is 0.200. The molecule has 0 aliphatic carbocycles. The van der Waals surface area contributed by atoms with Crippen LogP contribution < -0.4 is 10.5 Å². The maximum atomic E-state index is 12.5. The monoisotopic (exact) mass is 351 g/mol. The highest BCUT2D eigenvalue weighted by molar-refractivity contribution is 7.92. The second-order valence-electron chi connectivity index (χ2n) is 5.11. The van der Waals surface area contributed by atoms with Crippen molar-refractivity contribution >= 4 is 27.6 Å². The molecule has 0 fully saturated rings. The average Bonchev–Trinajstić information content (AvgIpc) is 2.91. The lowest BCUT2D eigenvalue weighted by molar-refractivity contribution is 0.0600. The lowest BCUT2D eigenvalue weighted by Gasteiger charge is -2.12. The molecule has 1 aromatic heterocycles. The first-order valence-electron chi connectivity index (χ1n) is 6.84. The largest absolute Gasteiger partial charge is 0.465 e. The third-order valence-corrected chi connectivity index (χ3v) is 4.86. The zero-order valence-electron chi connectivity index (χ0n) is 13.4. The topological polar surface area (TPSA) is 120 Å². The minimum atomic E-state index is -3.95. The Morgan fingerprint density at radius 2 is 1.96 bits per heavy atom. The molecule has 9 heteroatoms. The Morgan fingerprint density at radius 3 is 2.50 bits per heavy atom. The number of sulfonamides is 1. The number of aromatic nitrogens is 1. The van der Waals surface area contributed by atoms with Gasteiger partial charge in [-0.3, -0.25) is 9.52 Å². The molecule has 0 unspecified atom stereocenters. The minimum absolute atomic E-state index is 0.0652. The normalized spacial score (nSPS) is 11.1. The summed E-state index contributed by atoms with van der Waals surface area (Å²) in [6.45, 7) is 1.60. The predicted molar refractivity (Wildman–Crippen MR) is 87.3 cm³/mol. The number of amides is 1. The Hall–Kier alpha value is -2.81. The van der Waals surface area contributed by atoms with Crippen molar-refractivity contribution in [2.24, 2.45) is 12.8 Å². The summed E-state index contributed by atoms with van der Waals surface area (Å²) in [5.74, 6) is -1.30. The third-order valence-electron chi connectivity index (χ3n) is 3.53. The van der Waals surface area contributed by atoms with Gasteiger partial charge >= 0.3 is 5.97 Å². The summed E-state index contributed by atoms with van der Waals surface area (Å²) in [5, 5.41) is 0. The Balaban J connectivity index is 2.42. The number of esters is 1. The molecule has 0 saturated heterocycles. The highest BCUT2D eigenvalue weighted by Gasteiger charge is 2.21. The van der Waals surface area contributed by atoms with E-state index in [0.29, 0.717) is 5.56 Å². The van der Waals surface area contributed by atoms with Crippen molar-refractivity contribution in [3.63, 3.8) is 0 Å². The summed E-state index contributed by atoms with van der Waals surface area (Å²) in [6, 6.07) is 5.78. The zero-order chi connectivity index (χ0) is 18.1. The van der Waals surface area contributed by atoms with E-state index in [2.05, 4.69) is 9.46 Å². The number of benzene rings is 1. The number of methoxy groups -OCH3 is 1. The van der Waals surface area contributed by atoms with E-state index in [1.54, 1.807) is 6.92 Å². The van der Waals surface area contributed by atoms with Crippen LogP contribution in [0.15, 0.2) is 35.4 Å². The number of nitrogens with two attached hydrogens (primary N) is 1. The van der Waals surface area contributed by atoms with Crippen molar-refractivity contribution in [3.05, 3.63) is 47.3 Å². The molecular weight excluding hydrogens is 334 g/mol. The fourth-order valence-electron chi connectivity index (χ4n) is 2.21. The van der Waals surface area contributed by atoms with E-state index in [0.717, 1.165) is 0 Å². The van der Waals surface area contributed by atoms with Crippen molar-refractivity contribution in [1.82, 2.24) is 4.57 Å². The van der Waals surface area contributed by atoms with Crippen molar-refractivity contribution in [1.29, 1.82) is 0 Å². The van der Waals surface area contributed by atoms with Crippen LogP contribution in [0.25, 0.3) is 0 Å². The van der Waals surface area contributed by atoms with Crippen molar-refractivity contribution in [2.45, 2.75) is 11.8 Å². The second-order valence-corrected chi connectivity index (χ2v) is 6.79. The van der Waals surface area contributed by atoms with Gasteiger partial charge in [0.25, 0.3) is 15.9 Å². The maximum absolute atomic E-state index is 12.5. The molecule has 0 aliphatic rings. The predicted octanol–water partition coefficient (Wildman–Crippen LogP) is 1.02. The second kappa shape index (κ2) is 6.36. The molecule has 0 saturated carbocycles. The van der Waals surface area contributed by atoms with Crippen LogP contribution in [0.2, 0.25) is 0 Å². The molecule has 2 rings (SSSR count). The van der Waals surface area contributed by atoms with Crippen LogP contribution in [0, 0.1) is 6.92 Å². The van der Waals surface area contributed by atoms with Gasteiger partial charge in [0.05, 0.1) is 18.4 Å². The fourth-order valence-corrected chi connectivity index (χ4v) is 3.40. The van der Waals surface area contributed by atoms with Gasteiger partial charge in [-0.15, -0.1) is 0 Å². The van der Waals surface area contributed by atoms with E-state index < -0.39 is 21.9 Å². The number of nitrogens with zero attached hydrogens (tertiary/aromatic N) is 1. The summed E-state index contributed by atoms with van der Waals surface area (Å²) in [5.41, 5.74) is 6.18. The SMILES string of the molecule is COC(=O)c1cccc(NS(=O)(=O)c2cc(C(N)=O)n(C)c2)c1C. The van der Waals surface area contributed by atoms with Gasteiger partial charge in [0.15, 0.2) is 0 Å². The van der Waals surface area contributed by atoms with Gasteiger partial charge < -0.3 is 15.0 Å². The van der Waals surface area contributed by atoms with Crippen LogP contribution in [0.5, 0.6) is 0 Å². The minimum Gasteiger partial charge on any atom is -0.465 e. The molecule has 8 nitrogen and oxygen atoms in total. The van der Waals surface area contributed by atoms with Gasteiger partial charge in [0, 0.05) is 13.2 Å². The van der Waals surface area contributed by atoms with E-state index >= 15 is 0 Å². The smallest absolute Gasteiger partial charge is 0.338 e. The standard InChI is InChI=1S/C15H17N3O5S/c1-9-11(15(20)23-3)5-4-6-12(9)17-24(21,22)10-7-13(14(16)19)18(2)8-10/h4-8,17H,1-3H3,(H2,16,19). The van der Waals surface area contributed by atoms with Gasteiger partial charge in [0.1, 0.15) is 10.6 Å². The van der Waals surface area contributed by atoms with Gasteiger partial charge in [-0.25, -0.2) is 13.2 Å². The molecule has 1 amide bonds. The van der Waals surface area contributed by atoms with Crippen LogP contribution in [0.4, 0.5) is 5.69 Å². The zero-order valence-corrected chi connectivity index (χ0v) is 14.2. The van der Waals surface area contributed by atoms with Gasteiger partial charge in [0.2, 0.25) is 0 Å². The Bertz CT molecular complexity index is 915. The summed E-state index contributed by atoms with van der Waals surface area (Å²) < 4.78 is 33.4. The van der Waals surface area contributed by atoms with Crippen LogP contribution >= 0.6 is 0 Å². The average molecular weight is 351 g/mol. The number of hydrogen-bond acceptors (Lipinski definition) is 5. The van der Waals surface area contributed by atoms with Gasteiger partial charge in [-0.2, -0.15) is 0 Å². The van der Waals surface area contributed by atoms with E-state index in [9.17, 15) is 18.0 Å². The Labute approximate surface area is 139 Å². The van der Waals surface area contributed by atoms with Crippen LogP contribution in [-0.2, 0) is 21.8 Å². The Morgan fingerprint density at radius 1 is 1.29 bits per heavy atom. The molecule has 1 aromatic carbocycles. The lowest BCUT2D eigenvalue weighted by Crippen LogP contribution is -2.15. The Kier molecular flexibility index (Phi) is 4.65. The molecule has 128 valence electrons. The number of rotatable bonds is 5. The highest BCUT2D eigenvalue weighted by Crippen LogP contribution is 2.23. The quantitative estimate of drug-likeness (QED) is 0.779. The lowest BCUT2D eigenvalue weighted by atomic mass is 10.1. The van der Waals surface area contributed by atoms with Crippen molar-refractivity contribution < 1.29 is 22.7 Å². The molecule has 1 heterocycles. The summed E-state index contributed by atoms with van der Waals surface area (Å²) >= 11 is 0. The molecule has 0 spiro atoms. The molecular formula is C15H17N3O5S. The van der Waals surface area contributed by atoms with E-state index in [4.69, 9.17) is 5.73 Å². The number of aryl methyl sites for hydroxylation is 1. The van der Waals surface area contributed by atoms with Crippen LogP contribution in [0.1, 0.15) is 26.4 Å². The molecule has 0 radical (unpaired) electrons. The number of hydrogen-bond donors (Lipinski definition) is 2. The molecule has 0 aliphatic heterocycles. The number of carbonyl (C=O) groups excluding carboxylic acids is 2. The first-order chi connectivity index (χ1) is 11.2. The van der Waals surface area contributed by atoms with Crippen LogP contribution in [0.3, 0.4) is 0 Å². The summed E-state index contributed by atoms with van der Waals surface area (Å²) in [7, 11) is -1.19. The molecule has 3 N–H and O–H groups in total. The summed E-state index contributed by atoms with van der Waals surface area (Å²) in [4.78, 5) is 22.8. The van der Waals surface area contributed by atoms with Gasteiger partial charge in [-0.05, 0) is 30.7 Å². The van der Waals surface area contributed by atoms with E-state index in [-0.39, 0.29) is 21.8 Å². The number of ether oxygens (including phenoxy) is 1. The summed E-state index contributed by atoms with van der Waals surface area (Å²) in [6.07, 6.45) is 1.28. The molecule has 2 aromatic rings. The number of primary amides is 1. The maximum Gasteiger partial charge on any atom is 0.338 e. The highest BCUT2D eigenvalue weighted by atomic mass is 32.2. The molecule has 24 heavy (non-hydrogen) atoms. The first kappa shape index (κ1) is 17.5. The van der Waals surface area contributed by atoms with Crippen molar-refractivity contribution in [2.75, 3.05) is 11.8 Å². The number of carbonyl (C=O) groups is 2. The van der Waals surface area contributed by atoms with E-state index in [1.807, 2.05) is 0 Å². The van der Waals surface area contributed by atoms with Gasteiger partial charge in [-0.1, -0.05) is 6.07 Å². The molecule has 0 bridgehead atoms. The number of nitrogens with one attached hydrogen (secondary N) is 1. The molecule has 0 atom stereocenters.